The molecule has 0 radical (unpaired) electrons. The summed E-state index contributed by atoms with van der Waals surface area (Å²) in [6.45, 7) is 7.29. The fraction of sp³-hybridized carbons (Fsp3) is 0.391. The number of carbonyl (C=O) groups excluding carboxylic acids is 2. The highest BCUT2D eigenvalue weighted by atomic mass is 16.6. The summed E-state index contributed by atoms with van der Waals surface area (Å²) in [7, 11) is 0. The van der Waals surface area contributed by atoms with E-state index in [0.717, 1.165) is 29.9 Å². The zero-order valence-corrected chi connectivity index (χ0v) is 17.4. The number of anilines is 1. The van der Waals surface area contributed by atoms with Gasteiger partial charge in [-0.2, -0.15) is 0 Å². The van der Waals surface area contributed by atoms with Crippen LogP contribution in [-0.4, -0.2) is 62.1 Å². The SMILES string of the molecule is Cc1ccc(C)c(NC(=O)C[NH+]2CCN(C(=O)[C@H]3COc4ccccc4O3)CC2)c1. The molecule has 7 heteroatoms. The number of hydrogen-bond donors (Lipinski definition) is 2. The van der Waals surface area contributed by atoms with Crippen molar-refractivity contribution in [3.8, 4) is 11.5 Å². The predicted molar refractivity (Wildman–Crippen MR) is 113 cm³/mol. The van der Waals surface area contributed by atoms with Gasteiger partial charge in [-0.15, -0.1) is 0 Å². The van der Waals surface area contributed by atoms with E-state index in [0.29, 0.717) is 31.1 Å². The van der Waals surface area contributed by atoms with Gasteiger partial charge in [-0.3, -0.25) is 9.59 Å². The van der Waals surface area contributed by atoms with Crippen LogP contribution < -0.4 is 19.7 Å². The number of aryl methyl sites for hydroxylation is 2. The molecule has 1 fully saturated rings. The molecule has 2 aromatic carbocycles. The van der Waals surface area contributed by atoms with Gasteiger partial charge in [0.1, 0.15) is 6.61 Å². The molecular formula is C23H28N3O4+. The Balaban J connectivity index is 1.26. The number of para-hydroxylation sites is 2. The van der Waals surface area contributed by atoms with Crippen LogP contribution in [0.4, 0.5) is 5.69 Å². The third kappa shape index (κ3) is 4.57. The molecular weight excluding hydrogens is 382 g/mol. The number of nitrogens with one attached hydrogen (secondary N) is 2. The van der Waals surface area contributed by atoms with E-state index in [1.165, 1.54) is 4.90 Å². The Morgan fingerprint density at radius 2 is 1.83 bits per heavy atom. The van der Waals surface area contributed by atoms with E-state index in [2.05, 4.69) is 5.32 Å². The van der Waals surface area contributed by atoms with Crippen LogP contribution in [0.15, 0.2) is 42.5 Å². The monoisotopic (exact) mass is 410 g/mol. The molecule has 158 valence electrons. The zero-order valence-electron chi connectivity index (χ0n) is 17.4. The molecule has 0 aromatic heterocycles. The largest absolute Gasteiger partial charge is 0.485 e. The Labute approximate surface area is 176 Å². The van der Waals surface area contributed by atoms with Crippen LogP contribution in [0.1, 0.15) is 11.1 Å². The molecule has 7 nitrogen and oxygen atoms in total. The molecule has 0 unspecified atom stereocenters. The summed E-state index contributed by atoms with van der Waals surface area (Å²) in [5, 5.41) is 3.02. The molecule has 2 N–H and O–H groups in total. The number of benzene rings is 2. The van der Waals surface area contributed by atoms with Crippen LogP contribution >= 0.6 is 0 Å². The number of fused-ring (bicyclic) bond motifs is 1. The first-order valence-electron chi connectivity index (χ1n) is 10.4. The first-order valence-corrected chi connectivity index (χ1v) is 10.4. The second kappa shape index (κ2) is 8.75. The third-order valence-electron chi connectivity index (χ3n) is 5.64. The molecule has 2 amide bonds. The van der Waals surface area contributed by atoms with Gasteiger partial charge in [0.05, 0.1) is 26.2 Å². The van der Waals surface area contributed by atoms with Crippen molar-refractivity contribution in [1.82, 2.24) is 4.90 Å². The summed E-state index contributed by atoms with van der Waals surface area (Å²) in [6.07, 6.45) is -0.617. The summed E-state index contributed by atoms with van der Waals surface area (Å²) in [6, 6.07) is 13.4. The van der Waals surface area contributed by atoms with Gasteiger partial charge >= 0.3 is 0 Å². The van der Waals surface area contributed by atoms with E-state index in [1.54, 1.807) is 0 Å². The van der Waals surface area contributed by atoms with Gasteiger partial charge in [0.2, 0.25) is 6.10 Å². The minimum Gasteiger partial charge on any atom is -0.485 e. The smallest absolute Gasteiger partial charge is 0.279 e. The quantitative estimate of drug-likeness (QED) is 0.783. The Morgan fingerprint density at radius 3 is 2.60 bits per heavy atom. The molecule has 30 heavy (non-hydrogen) atoms. The average Bonchev–Trinajstić information content (AvgIpc) is 2.76. The van der Waals surface area contributed by atoms with Crippen LogP contribution in [-0.2, 0) is 9.59 Å². The Bertz CT molecular complexity index is 938. The first kappa shape index (κ1) is 20.2. The fourth-order valence-electron chi connectivity index (χ4n) is 3.86. The fourth-order valence-corrected chi connectivity index (χ4v) is 3.86. The maximum absolute atomic E-state index is 12.8. The summed E-state index contributed by atoms with van der Waals surface area (Å²) >= 11 is 0. The standard InChI is InChI=1S/C23H27N3O4/c1-16-7-8-17(2)18(13-16)24-22(27)14-25-9-11-26(12-10-25)23(28)21-15-29-19-5-3-4-6-20(19)30-21/h3-8,13,21H,9-12,14-15H2,1-2H3,(H,24,27)/p+1/t21-/m1/s1. The number of hydrogen-bond acceptors (Lipinski definition) is 4. The lowest BCUT2D eigenvalue weighted by atomic mass is 10.1. The van der Waals surface area contributed by atoms with Gasteiger partial charge in [-0.1, -0.05) is 24.3 Å². The Kier molecular flexibility index (Phi) is 5.90. The van der Waals surface area contributed by atoms with Crippen molar-refractivity contribution in [2.45, 2.75) is 20.0 Å². The van der Waals surface area contributed by atoms with Gasteiger partial charge in [-0.25, -0.2) is 0 Å². The van der Waals surface area contributed by atoms with Crippen molar-refractivity contribution in [3.05, 3.63) is 53.6 Å². The minimum atomic E-state index is -0.617. The van der Waals surface area contributed by atoms with Gasteiger partial charge in [0.15, 0.2) is 18.0 Å². The number of rotatable bonds is 4. The van der Waals surface area contributed by atoms with Gasteiger partial charge in [0, 0.05) is 5.69 Å². The highest BCUT2D eigenvalue weighted by Crippen LogP contribution is 2.31. The number of amides is 2. The Morgan fingerprint density at radius 1 is 1.10 bits per heavy atom. The molecule has 0 aliphatic carbocycles. The zero-order chi connectivity index (χ0) is 21.1. The highest BCUT2D eigenvalue weighted by molar-refractivity contribution is 5.92. The molecule has 4 rings (SSSR count). The number of carbonyl (C=O) groups is 2. The number of quaternary nitrogens is 1. The average molecular weight is 410 g/mol. The third-order valence-corrected chi connectivity index (χ3v) is 5.64. The minimum absolute atomic E-state index is 0.000836. The van der Waals surface area contributed by atoms with E-state index in [-0.39, 0.29) is 18.4 Å². The van der Waals surface area contributed by atoms with Crippen molar-refractivity contribution >= 4 is 17.5 Å². The molecule has 0 bridgehead atoms. The Hall–Kier alpha value is -3.06. The van der Waals surface area contributed by atoms with E-state index in [4.69, 9.17) is 9.47 Å². The van der Waals surface area contributed by atoms with Crippen LogP contribution in [0.2, 0.25) is 0 Å². The number of ether oxygens (including phenoxy) is 2. The van der Waals surface area contributed by atoms with Crippen molar-refractivity contribution in [2.75, 3.05) is 44.6 Å². The summed E-state index contributed by atoms with van der Waals surface area (Å²) in [5.74, 6) is 1.22. The summed E-state index contributed by atoms with van der Waals surface area (Å²) in [4.78, 5) is 28.3. The molecule has 1 atom stereocenters. The maximum Gasteiger partial charge on any atom is 0.279 e. The first-order chi connectivity index (χ1) is 14.5. The van der Waals surface area contributed by atoms with Gasteiger partial charge < -0.3 is 24.6 Å². The second-order valence-electron chi connectivity index (χ2n) is 7.98. The van der Waals surface area contributed by atoms with Crippen molar-refractivity contribution in [2.24, 2.45) is 0 Å². The number of piperazine rings is 1. The van der Waals surface area contributed by atoms with Crippen molar-refractivity contribution < 1.29 is 24.0 Å². The van der Waals surface area contributed by atoms with E-state index in [9.17, 15) is 9.59 Å². The summed E-state index contributed by atoms with van der Waals surface area (Å²) in [5.41, 5.74) is 3.03. The lowest BCUT2D eigenvalue weighted by Crippen LogP contribution is -3.15. The van der Waals surface area contributed by atoms with Crippen LogP contribution in [0.25, 0.3) is 0 Å². The van der Waals surface area contributed by atoms with E-state index < -0.39 is 6.10 Å². The maximum atomic E-state index is 12.8. The summed E-state index contributed by atoms with van der Waals surface area (Å²) < 4.78 is 11.5. The lowest BCUT2D eigenvalue weighted by Gasteiger charge is -2.35. The van der Waals surface area contributed by atoms with Gasteiger partial charge in [-0.05, 0) is 43.2 Å². The van der Waals surface area contributed by atoms with E-state index in [1.807, 2.05) is 61.2 Å². The van der Waals surface area contributed by atoms with E-state index >= 15 is 0 Å². The van der Waals surface area contributed by atoms with Crippen LogP contribution in [0, 0.1) is 13.8 Å². The van der Waals surface area contributed by atoms with Crippen LogP contribution in [0.5, 0.6) is 11.5 Å². The molecule has 1 saturated heterocycles. The molecule has 0 saturated carbocycles. The molecule has 2 aliphatic rings. The second-order valence-corrected chi connectivity index (χ2v) is 7.98. The van der Waals surface area contributed by atoms with Crippen LogP contribution in [0.3, 0.4) is 0 Å². The van der Waals surface area contributed by atoms with Crippen molar-refractivity contribution in [3.63, 3.8) is 0 Å². The molecule has 2 aliphatic heterocycles. The normalized spacial score (nSPS) is 18.7. The van der Waals surface area contributed by atoms with Gasteiger partial charge in [0.25, 0.3) is 11.8 Å². The topological polar surface area (TPSA) is 72.3 Å². The predicted octanol–water partition coefficient (Wildman–Crippen LogP) is 0.809. The molecule has 2 heterocycles. The lowest BCUT2D eigenvalue weighted by molar-refractivity contribution is -0.895. The molecule has 0 spiro atoms. The highest BCUT2D eigenvalue weighted by Gasteiger charge is 2.34. The van der Waals surface area contributed by atoms with Crippen molar-refractivity contribution in [1.29, 1.82) is 0 Å². The molecule has 2 aromatic rings. The number of nitrogens with zero attached hydrogens (tertiary/aromatic N) is 1.